The highest BCUT2D eigenvalue weighted by Crippen LogP contribution is 2.47. The molecule has 0 saturated heterocycles. The summed E-state index contributed by atoms with van der Waals surface area (Å²) >= 11 is 0. The quantitative estimate of drug-likeness (QED) is 0.507. The van der Waals surface area contributed by atoms with Gasteiger partial charge in [0.2, 0.25) is 0 Å². The first-order valence-electron chi connectivity index (χ1n) is 7.77. The zero-order chi connectivity index (χ0) is 12.8. The van der Waals surface area contributed by atoms with Gasteiger partial charge in [-0.3, -0.25) is 0 Å². The fourth-order valence-corrected chi connectivity index (χ4v) is 3.72. The third kappa shape index (κ3) is 3.94. The van der Waals surface area contributed by atoms with Crippen LogP contribution in [0.1, 0.15) is 46.0 Å². The van der Waals surface area contributed by atoms with Gasteiger partial charge in [-0.05, 0) is 64.0 Å². The number of hydrogen-bond acceptors (Lipinski definition) is 3. The van der Waals surface area contributed by atoms with E-state index in [1.54, 1.807) is 0 Å². The first kappa shape index (κ1) is 14.3. The highest BCUT2D eigenvalue weighted by molar-refractivity contribution is 4.90. The van der Waals surface area contributed by atoms with Crippen molar-refractivity contribution in [2.45, 2.75) is 52.2 Å². The summed E-state index contributed by atoms with van der Waals surface area (Å²) in [5.41, 5.74) is 0. The lowest BCUT2D eigenvalue weighted by Gasteiger charge is -2.22. The summed E-state index contributed by atoms with van der Waals surface area (Å²) in [4.78, 5) is 0. The Morgan fingerprint density at radius 2 is 1.89 bits per heavy atom. The van der Waals surface area contributed by atoms with Crippen LogP contribution in [0.3, 0.4) is 0 Å². The van der Waals surface area contributed by atoms with Crippen molar-refractivity contribution in [3.63, 3.8) is 0 Å². The van der Waals surface area contributed by atoms with Crippen molar-refractivity contribution < 1.29 is 9.47 Å². The van der Waals surface area contributed by atoms with E-state index >= 15 is 0 Å². The van der Waals surface area contributed by atoms with Gasteiger partial charge >= 0.3 is 0 Å². The molecule has 0 spiro atoms. The maximum atomic E-state index is 5.54. The van der Waals surface area contributed by atoms with Gasteiger partial charge in [-0.2, -0.15) is 0 Å². The molecule has 2 aliphatic rings. The highest BCUT2D eigenvalue weighted by Gasteiger charge is 2.38. The van der Waals surface area contributed by atoms with E-state index in [1.807, 2.05) is 13.8 Å². The van der Waals surface area contributed by atoms with E-state index in [2.05, 4.69) is 5.32 Å². The Hall–Kier alpha value is -0.120. The Labute approximate surface area is 112 Å². The Kier molecular flexibility index (Phi) is 5.93. The summed E-state index contributed by atoms with van der Waals surface area (Å²) in [5.74, 6) is 3.03. The molecular weight excluding hydrogens is 226 g/mol. The van der Waals surface area contributed by atoms with Crippen LogP contribution < -0.4 is 5.32 Å². The van der Waals surface area contributed by atoms with E-state index in [4.69, 9.17) is 9.47 Å². The SMILES string of the molecule is CCOC(CCNCC1CC2CCC1C2)OCC. The summed E-state index contributed by atoms with van der Waals surface area (Å²) in [6, 6.07) is 0. The van der Waals surface area contributed by atoms with Crippen LogP contribution in [0, 0.1) is 17.8 Å². The second kappa shape index (κ2) is 7.46. The summed E-state index contributed by atoms with van der Waals surface area (Å²) in [5, 5.41) is 3.60. The third-order valence-corrected chi connectivity index (χ3v) is 4.55. The minimum atomic E-state index is -0.0208. The van der Waals surface area contributed by atoms with Crippen molar-refractivity contribution in [2.24, 2.45) is 17.8 Å². The predicted octanol–water partition coefficient (Wildman–Crippen LogP) is 2.80. The first-order valence-corrected chi connectivity index (χ1v) is 7.77. The minimum Gasteiger partial charge on any atom is -0.353 e. The smallest absolute Gasteiger partial charge is 0.158 e. The molecule has 2 saturated carbocycles. The van der Waals surface area contributed by atoms with Gasteiger partial charge in [0.15, 0.2) is 6.29 Å². The zero-order valence-electron chi connectivity index (χ0n) is 12.0. The summed E-state index contributed by atoms with van der Waals surface area (Å²) < 4.78 is 11.1. The third-order valence-electron chi connectivity index (χ3n) is 4.55. The molecule has 18 heavy (non-hydrogen) atoms. The van der Waals surface area contributed by atoms with Crippen LogP contribution in [-0.4, -0.2) is 32.6 Å². The van der Waals surface area contributed by atoms with Crippen molar-refractivity contribution >= 4 is 0 Å². The fourth-order valence-electron chi connectivity index (χ4n) is 3.72. The molecule has 0 amide bonds. The van der Waals surface area contributed by atoms with E-state index in [1.165, 1.54) is 32.2 Å². The van der Waals surface area contributed by atoms with Gasteiger partial charge in [0, 0.05) is 19.6 Å². The molecule has 0 aliphatic heterocycles. The minimum absolute atomic E-state index is 0.0208. The van der Waals surface area contributed by atoms with Crippen molar-refractivity contribution in [3.8, 4) is 0 Å². The highest BCUT2D eigenvalue weighted by atomic mass is 16.7. The molecule has 0 aromatic rings. The van der Waals surface area contributed by atoms with Crippen LogP contribution in [0.25, 0.3) is 0 Å². The van der Waals surface area contributed by atoms with Gasteiger partial charge in [0.1, 0.15) is 0 Å². The molecule has 3 heteroatoms. The van der Waals surface area contributed by atoms with Crippen molar-refractivity contribution in [1.29, 1.82) is 0 Å². The topological polar surface area (TPSA) is 30.5 Å². The number of nitrogens with one attached hydrogen (secondary N) is 1. The van der Waals surface area contributed by atoms with Crippen LogP contribution in [0.4, 0.5) is 0 Å². The molecule has 2 bridgehead atoms. The summed E-state index contributed by atoms with van der Waals surface area (Å²) in [6.07, 6.45) is 6.90. The van der Waals surface area contributed by atoms with Gasteiger partial charge in [0.25, 0.3) is 0 Å². The molecular formula is C15H29NO2. The average Bonchev–Trinajstić information content (AvgIpc) is 2.97. The molecule has 3 atom stereocenters. The summed E-state index contributed by atoms with van der Waals surface area (Å²) in [7, 11) is 0. The molecule has 0 heterocycles. The lowest BCUT2D eigenvalue weighted by molar-refractivity contribution is -0.138. The van der Waals surface area contributed by atoms with Crippen LogP contribution in [0.2, 0.25) is 0 Å². The van der Waals surface area contributed by atoms with Gasteiger partial charge in [0.05, 0.1) is 0 Å². The van der Waals surface area contributed by atoms with E-state index in [9.17, 15) is 0 Å². The van der Waals surface area contributed by atoms with Crippen LogP contribution in [0.5, 0.6) is 0 Å². The van der Waals surface area contributed by atoms with Crippen LogP contribution >= 0.6 is 0 Å². The lowest BCUT2D eigenvalue weighted by Crippen LogP contribution is -2.30. The van der Waals surface area contributed by atoms with E-state index in [0.717, 1.165) is 43.9 Å². The Morgan fingerprint density at radius 1 is 1.11 bits per heavy atom. The molecule has 0 aromatic carbocycles. The van der Waals surface area contributed by atoms with Crippen molar-refractivity contribution in [1.82, 2.24) is 5.32 Å². The Morgan fingerprint density at radius 3 is 2.44 bits per heavy atom. The number of hydrogen-bond donors (Lipinski definition) is 1. The standard InChI is InChI=1S/C15H29NO2/c1-3-17-15(18-4-2)7-8-16-11-14-10-12-5-6-13(14)9-12/h12-16H,3-11H2,1-2H3. The average molecular weight is 255 g/mol. The molecule has 3 unspecified atom stereocenters. The van der Waals surface area contributed by atoms with Gasteiger partial charge in [-0.1, -0.05) is 6.42 Å². The molecule has 0 aromatic heterocycles. The van der Waals surface area contributed by atoms with Crippen molar-refractivity contribution in [3.05, 3.63) is 0 Å². The van der Waals surface area contributed by atoms with Gasteiger partial charge in [-0.15, -0.1) is 0 Å². The molecule has 0 radical (unpaired) electrons. The largest absolute Gasteiger partial charge is 0.353 e. The zero-order valence-corrected chi connectivity index (χ0v) is 12.0. The van der Waals surface area contributed by atoms with Crippen molar-refractivity contribution in [2.75, 3.05) is 26.3 Å². The maximum absolute atomic E-state index is 5.54. The van der Waals surface area contributed by atoms with E-state index < -0.39 is 0 Å². The Balaban J connectivity index is 1.55. The monoisotopic (exact) mass is 255 g/mol. The van der Waals surface area contributed by atoms with Crippen LogP contribution in [-0.2, 0) is 9.47 Å². The second-order valence-electron chi connectivity index (χ2n) is 5.77. The van der Waals surface area contributed by atoms with E-state index in [-0.39, 0.29) is 6.29 Å². The summed E-state index contributed by atoms with van der Waals surface area (Å²) in [6.45, 7) is 7.72. The molecule has 106 valence electrons. The van der Waals surface area contributed by atoms with Gasteiger partial charge < -0.3 is 14.8 Å². The molecule has 2 fully saturated rings. The molecule has 1 N–H and O–H groups in total. The number of rotatable bonds is 9. The second-order valence-corrected chi connectivity index (χ2v) is 5.77. The predicted molar refractivity (Wildman–Crippen MR) is 73.5 cm³/mol. The number of ether oxygens (including phenoxy) is 2. The first-order chi connectivity index (χ1) is 8.83. The molecule has 2 rings (SSSR count). The number of fused-ring (bicyclic) bond motifs is 2. The maximum Gasteiger partial charge on any atom is 0.158 e. The Bertz CT molecular complexity index is 229. The van der Waals surface area contributed by atoms with E-state index in [0.29, 0.717) is 0 Å². The van der Waals surface area contributed by atoms with Crippen LogP contribution in [0.15, 0.2) is 0 Å². The lowest BCUT2D eigenvalue weighted by atomic mass is 9.89. The molecule has 3 nitrogen and oxygen atoms in total. The van der Waals surface area contributed by atoms with Gasteiger partial charge in [-0.25, -0.2) is 0 Å². The normalized spacial score (nSPS) is 30.5. The molecule has 2 aliphatic carbocycles. The fraction of sp³-hybridized carbons (Fsp3) is 1.00.